The number of aliphatic hydroxyl groups is 1. The van der Waals surface area contributed by atoms with E-state index in [0.29, 0.717) is 36.1 Å². The third kappa shape index (κ3) is 7.46. The number of carbonyl (C=O) groups is 2. The van der Waals surface area contributed by atoms with E-state index in [4.69, 9.17) is 0 Å². The molecule has 3 amide bonds. The molecule has 0 radical (unpaired) electrons. The summed E-state index contributed by atoms with van der Waals surface area (Å²) in [6, 6.07) is 6.06. The number of hydrogen-bond donors (Lipinski definition) is 4. The van der Waals surface area contributed by atoms with Crippen molar-refractivity contribution < 1.29 is 14.7 Å². The molecule has 6 heteroatoms. The molecule has 0 heterocycles. The van der Waals surface area contributed by atoms with E-state index in [9.17, 15) is 14.7 Å². The number of urea groups is 1. The van der Waals surface area contributed by atoms with Crippen molar-refractivity contribution in [3.63, 3.8) is 0 Å². The molecule has 1 atom stereocenters. The lowest BCUT2D eigenvalue weighted by atomic mass is 10.0. The van der Waals surface area contributed by atoms with Crippen LogP contribution in [-0.4, -0.2) is 36.2 Å². The molecular formula is C18H29N3O3. The zero-order valence-electron chi connectivity index (χ0n) is 14.9. The van der Waals surface area contributed by atoms with Crippen molar-refractivity contribution in [2.75, 3.05) is 18.5 Å². The van der Waals surface area contributed by atoms with Gasteiger partial charge < -0.3 is 21.1 Å². The second-order valence-corrected chi connectivity index (χ2v) is 6.79. The molecule has 0 aromatic heterocycles. The predicted octanol–water partition coefficient (Wildman–Crippen LogP) is 2.60. The molecule has 4 N–H and O–H groups in total. The Morgan fingerprint density at radius 3 is 2.17 bits per heavy atom. The van der Waals surface area contributed by atoms with E-state index in [1.807, 2.05) is 27.7 Å². The van der Waals surface area contributed by atoms with Crippen LogP contribution in [0.3, 0.4) is 0 Å². The molecule has 1 aromatic carbocycles. The Morgan fingerprint density at radius 1 is 1.04 bits per heavy atom. The zero-order valence-corrected chi connectivity index (χ0v) is 14.9. The summed E-state index contributed by atoms with van der Waals surface area (Å²) in [6.45, 7) is 8.66. The van der Waals surface area contributed by atoms with Crippen LogP contribution in [0, 0.1) is 11.8 Å². The van der Waals surface area contributed by atoms with Gasteiger partial charge in [0.15, 0.2) is 0 Å². The average molecular weight is 335 g/mol. The summed E-state index contributed by atoms with van der Waals surface area (Å²) in [7, 11) is 0. The van der Waals surface area contributed by atoms with Crippen LogP contribution in [0.5, 0.6) is 0 Å². The van der Waals surface area contributed by atoms with Gasteiger partial charge in [0.1, 0.15) is 0 Å². The van der Waals surface area contributed by atoms with Gasteiger partial charge in [-0.25, -0.2) is 4.79 Å². The molecule has 0 aliphatic carbocycles. The van der Waals surface area contributed by atoms with Crippen LogP contribution < -0.4 is 16.0 Å². The maximum Gasteiger partial charge on any atom is 0.319 e. The van der Waals surface area contributed by atoms with E-state index in [1.54, 1.807) is 24.3 Å². The minimum absolute atomic E-state index is 0.0967. The highest BCUT2D eigenvalue weighted by molar-refractivity contribution is 5.95. The maximum absolute atomic E-state index is 11.9. The van der Waals surface area contributed by atoms with Crippen LogP contribution in [0.15, 0.2) is 24.3 Å². The van der Waals surface area contributed by atoms with Gasteiger partial charge >= 0.3 is 6.03 Å². The van der Waals surface area contributed by atoms with Gasteiger partial charge in [0.2, 0.25) is 0 Å². The van der Waals surface area contributed by atoms with E-state index in [0.717, 1.165) is 0 Å². The Morgan fingerprint density at radius 2 is 1.67 bits per heavy atom. The lowest BCUT2D eigenvalue weighted by Crippen LogP contribution is -2.40. The second kappa shape index (κ2) is 9.93. The van der Waals surface area contributed by atoms with Gasteiger partial charge in [-0.3, -0.25) is 4.79 Å². The minimum Gasteiger partial charge on any atom is -0.394 e. The highest BCUT2D eigenvalue weighted by Crippen LogP contribution is 2.10. The van der Waals surface area contributed by atoms with E-state index < -0.39 is 0 Å². The van der Waals surface area contributed by atoms with Gasteiger partial charge in [0.25, 0.3) is 5.91 Å². The first-order valence-corrected chi connectivity index (χ1v) is 8.38. The van der Waals surface area contributed by atoms with Crippen molar-refractivity contribution in [3.05, 3.63) is 29.8 Å². The fourth-order valence-corrected chi connectivity index (χ4v) is 2.20. The number of rotatable bonds is 8. The van der Waals surface area contributed by atoms with E-state index >= 15 is 0 Å². The third-order valence-corrected chi connectivity index (χ3v) is 3.39. The number of anilines is 1. The van der Waals surface area contributed by atoms with Gasteiger partial charge in [-0.15, -0.1) is 0 Å². The van der Waals surface area contributed by atoms with Gasteiger partial charge in [-0.1, -0.05) is 27.7 Å². The monoisotopic (exact) mass is 335 g/mol. The molecule has 1 aromatic rings. The fraction of sp³-hybridized carbons (Fsp3) is 0.556. The summed E-state index contributed by atoms with van der Waals surface area (Å²) < 4.78 is 0. The Balaban J connectivity index is 2.54. The van der Waals surface area contributed by atoms with Crippen molar-refractivity contribution in [1.82, 2.24) is 10.6 Å². The Kier molecular flexibility index (Phi) is 8.26. The highest BCUT2D eigenvalue weighted by Gasteiger charge is 2.13. The van der Waals surface area contributed by atoms with Crippen LogP contribution >= 0.6 is 0 Å². The third-order valence-electron chi connectivity index (χ3n) is 3.39. The van der Waals surface area contributed by atoms with Crippen molar-refractivity contribution in [2.24, 2.45) is 11.8 Å². The largest absolute Gasteiger partial charge is 0.394 e. The first-order valence-electron chi connectivity index (χ1n) is 8.38. The maximum atomic E-state index is 11.9. The summed E-state index contributed by atoms with van der Waals surface area (Å²) in [4.78, 5) is 23.9. The number of benzene rings is 1. The Hall–Kier alpha value is -2.08. The number of hydrogen-bond acceptors (Lipinski definition) is 3. The molecule has 134 valence electrons. The molecule has 0 spiro atoms. The fourth-order valence-electron chi connectivity index (χ4n) is 2.20. The minimum atomic E-state index is -0.369. The van der Waals surface area contributed by atoms with Gasteiger partial charge in [0, 0.05) is 17.8 Å². The first kappa shape index (κ1) is 20.0. The molecule has 0 aliphatic rings. The highest BCUT2D eigenvalue weighted by atomic mass is 16.3. The smallest absolute Gasteiger partial charge is 0.319 e. The molecule has 0 aliphatic heterocycles. The van der Waals surface area contributed by atoms with Gasteiger partial charge in [0.05, 0.1) is 12.6 Å². The molecule has 0 saturated carbocycles. The molecule has 0 fully saturated rings. The summed E-state index contributed by atoms with van der Waals surface area (Å²) in [5, 5.41) is 17.6. The summed E-state index contributed by atoms with van der Waals surface area (Å²) in [5.41, 5.74) is 1.14. The van der Waals surface area contributed by atoms with E-state index in [2.05, 4.69) is 16.0 Å². The van der Waals surface area contributed by atoms with Crippen molar-refractivity contribution in [3.8, 4) is 0 Å². The molecule has 1 rings (SSSR count). The summed E-state index contributed by atoms with van der Waals surface area (Å²) >= 11 is 0. The van der Waals surface area contributed by atoms with Gasteiger partial charge in [-0.2, -0.15) is 0 Å². The topological polar surface area (TPSA) is 90.5 Å². The summed E-state index contributed by atoms with van der Waals surface area (Å²) in [6.07, 6.45) is 0.707. The molecule has 0 unspecified atom stereocenters. The number of aliphatic hydroxyl groups excluding tert-OH is 1. The molecule has 0 saturated heterocycles. The predicted molar refractivity (Wildman–Crippen MR) is 96.1 cm³/mol. The zero-order chi connectivity index (χ0) is 18.1. The SMILES string of the molecule is CC(C)CNC(=O)c1ccc(NC(=O)N[C@H](CO)CC(C)C)cc1. The number of nitrogens with one attached hydrogen (secondary N) is 3. The average Bonchev–Trinajstić information content (AvgIpc) is 2.52. The van der Waals surface area contributed by atoms with Crippen LogP contribution in [0.4, 0.5) is 10.5 Å². The lowest BCUT2D eigenvalue weighted by molar-refractivity contribution is 0.0949. The summed E-state index contributed by atoms with van der Waals surface area (Å²) in [5.74, 6) is 0.645. The van der Waals surface area contributed by atoms with E-state index in [1.165, 1.54) is 0 Å². The Labute approximate surface area is 144 Å². The van der Waals surface area contributed by atoms with Crippen LogP contribution in [0.25, 0.3) is 0 Å². The van der Waals surface area contributed by atoms with E-state index in [-0.39, 0.29) is 24.6 Å². The normalized spacial score (nSPS) is 12.1. The number of amides is 3. The molecule has 24 heavy (non-hydrogen) atoms. The van der Waals surface area contributed by atoms with Crippen molar-refractivity contribution in [1.29, 1.82) is 0 Å². The van der Waals surface area contributed by atoms with Gasteiger partial charge in [-0.05, 0) is 42.5 Å². The standard InChI is InChI=1S/C18H29N3O3/c1-12(2)9-16(11-22)21-18(24)20-15-7-5-14(6-8-15)17(23)19-10-13(3)4/h5-8,12-13,16,22H,9-11H2,1-4H3,(H,19,23)(H2,20,21,24)/t16-/m0/s1. The molecule has 0 bridgehead atoms. The molecular weight excluding hydrogens is 306 g/mol. The van der Waals surface area contributed by atoms with Crippen molar-refractivity contribution in [2.45, 2.75) is 40.2 Å². The van der Waals surface area contributed by atoms with Crippen molar-refractivity contribution >= 4 is 17.6 Å². The quantitative estimate of drug-likeness (QED) is 0.588. The number of carbonyl (C=O) groups excluding carboxylic acids is 2. The lowest BCUT2D eigenvalue weighted by Gasteiger charge is -2.18. The molecule has 6 nitrogen and oxygen atoms in total. The first-order chi connectivity index (χ1) is 11.3. The van der Waals surface area contributed by atoms with Crippen LogP contribution in [-0.2, 0) is 0 Å². The van der Waals surface area contributed by atoms with Crippen LogP contribution in [0.1, 0.15) is 44.5 Å². The Bertz CT molecular complexity index is 527. The van der Waals surface area contributed by atoms with Crippen LogP contribution in [0.2, 0.25) is 0 Å². The second-order valence-electron chi connectivity index (χ2n) is 6.79.